The molecule has 0 N–H and O–H groups in total. The van der Waals surface area contributed by atoms with Gasteiger partial charge in [0.2, 0.25) is 0 Å². The molecule has 1 aromatic rings. The largest absolute Gasteiger partial charge is 0.198 e. The van der Waals surface area contributed by atoms with Crippen molar-refractivity contribution in [3.63, 3.8) is 0 Å². The topological polar surface area (TPSA) is 47.6 Å². The van der Waals surface area contributed by atoms with Gasteiger partial charge in [-0.1, -0.05) is 30.3 Å². The van der Waals surface area contributed by atoms with Crippen molar-refractivity contribution in [1.29, 1.82) is 10.5 Å². The van der Waals surface area contributed by atoms with Crippen LogP contribution in [0.2, 0.25) is 0 Å². The Bertz CT molecular complexity index is 391. The van der Waals surface area contributed by atoms with Crippen LogP contribution in [-0.4, -0.2) is 0 Å². The van der Waals surface area contributed by atoms with E-state index in [0.29, 0.717) is 18.4 Å². The van der Waals surface area contributed by atoms with E-state index in [2.05, 4.69) is 6.07 Å². The molecule has 0 aliphatic carbocycles. The van der Waals surface area contributed by atoms with Crippen LogP contribution in [0.25, 0.3) is 6.08 Å². The minimum Gasteiger partial charge on any atom is -0.198 e. The van der Waals surface area contributed by atoms with Gasteiger partial charge in [0.25, 0.3) is 0 Å². The molecule has 68 valence electrons. The summed E-state index contributed by atoms with van der Waals surface area (Å²) in [4.78, 5) is 0. The Balaban J connectivity index is 2.76. The first kappa shape index (κ1) is 10.0. The van der Waals surface area contributed by atoms with Crippen LogP contribution in [0, 0.1) is 22.7 Å². The van der Waals surface area contributed by atoms with E-state index in [-0.39, 0.29) is 0 Å². The summed E-state index contributed by atoms with van der Waals surface area (Å²) < 4.78 is 0. The van der Waals surface area contributed by atoms with Gasteiger partial charge in [-0.05, 0) is 18.1 Å². The van der Waals surface area contributed by atoms with Gasteiger partial charge in [0.05, 0.1) is 12.1 Å². The summed E-state index contributed by atoms with van der Waals surface area (Å²) in [7, 11) is 0. The molecule has 0 amide bonds. The van der Waals surface area contributed by atoms with Crippen LogP contribution < -0.4 is 0 Å². The first-order valence-corrected chi connectivity index (χ1v) is 4.39. The van der Waals surface area contributed by atoms with Crippen molar-refractivity contribution >= 4 is 6.08 Å². The Hall–Kier alpha value is -2.06. The van der Waals surface area contributed by atoms with E-state index in [1.807, 2.05) is 42.5 Å². The number of nitriles is 2. The molecule has 1 aromatic carbocycles. The number of benzene rings is 1. The number of allylic oxidation sites excluding steroid dienone is 1. The third-order valence-corrected chi connectivity index (χ3v) is 1.79. The number of hydrogen-bond donors (Lipinski definition) is 0. The first-order valence-electron chi connectivity index (χ1n) is 4.39. The highest BCUT2D eigenvalue weighted by Crippen LogP contribution is 2.10. The SMILES string of the molecule is N#CCC/C(C#N)=C\c1ccccc1. The second-order valence-electron chi connectivity index (χ2n) is 2.85. The Kier molecular flexibility index (Phi) is 3.98. The van der Waals surface area contributed by atoms with Gasteiger partial charge in [-0.15, -0.1) is 0 Å². The molecule has 0 radical (unpaired) electrons. The van der Waals surface area contributed by atoms with Crippen molar-refractivity contribution in [3.05, 3.63) is 41.5 Å². The molecule has 2 nitrogen and oxygen atoms in total. The molecule has 0 aromatic heterocycles. The van der Waals surface area contributed by atoms with Crippen LogP contribution in [-0.2, 0) is 0 Å². The summed E-state index contributed by atoms with van der Waals surface area (Å²) in [6, 6.07) is 13.8. The molecule has 0 spiro atoms. The maximum absolute atomic E-state index is 8.79. The minimum absolute atomic E-state index is 0.395. The van der Waals surface area contributed by atoms with E-state index in [1.165, 1.54) is 0 Å². The molecule has 2 heteroatoms. The van der Waals surface area contributed by atoms with Gasteiger partial charge in [-0.3, -0.25) is 0 Å². The van der Waals surface area contributed by atoms with Gasteiger partial charge in [0.1, 0.15) is 0 Å². The highest BCUT2D eigenvalue weighted by atomic mass is 14.3. The van der Waals surface area contributed by atoms with E-state index in [4.69, 9.17) is 10.5 Å². The molecule has 0 atom stereocenters. The Morgan fingerprint density at radius 1 is 1.21 bits per heavy atom. The van der Waals surface area contributed by atoms with Crippen molar-refractivity contribution in [2.45, 2.75) is 12.8 Å². The monoisotopic (exact) mass is 182 g/mol. The molecule has 0 saturated heterocycles. The summed E-state index contributed by atoms with van der Waals surface area (Å²) in [5.41, 5.74) is 1.65. The summed E-state index contributed by atoms with van der Waals surface area (Å²) in [5.74, 6) is 0. The lowest BCUT2D eigenvalue weighted by atomic mass is 10.1. The summed E-state index contributed by atoms with van der Waals surface area (Å²) in [6.45, 7) is 0. The zero-order chi connectivity index (χ0) is 10.2. The van der Waals surface area contributed by atoms with Crippen molar-refractivity contribution < 1.29 is 0 Å². The van der Waals surface area contributed by atoms with Gasteiger partial charge >= 0.3 is 0 Å². The first-order chi connectivity index (χ1) is 6.86. The molecule has 0 unspecified atom stereocenters. The van der Waals surface area contributed by atoms with Gasteiger partial charge < -0.3 is 0 Å². The summed E-state index contributed by atoms with van der Waals surface area (Å²) in [6.07, 6.45) is 2.74. The van der Waals surface area contributed by atoms with E-state index in [9.17, 15) is 0 Å². The van der Waals surface area contributed by atoms with Crippen molar-refractivity contribution in [2.24, 2.45) is 0 Å². The zero-order valence-electron chi connectivity index (χ0n) is 7.77. The molecular weight excluding hydrogens is 172 g/mol. The maximum atomic E-state index is 8.79. The molecule has 0 fully saturated rings. The van der Waals surface area contributed by atoms with Gasteiger partial charge in [0, 0.05) is 12.0 Å². The van der Waals surface area contributed by atoms with E-state index in [0.717, 1.165) is 5.56 Å². The highest BCUT2D eigenvalue weighted by molar-refractivity contribution is 5.56. The Morgan fingerprint density at radius 2 is 1.93 bits per heavy atom. The van der Waals surface area contributed by atoms with Crippen LogP contribution >= 0.6 is 0 Å². The predicted molar refractivity (Wildman–Crippen MR) is 54.9 cm³/mol. The van der Waals surface area contributed by atoms with Crippen molar-refractivity contribution in [3.8, 4) is 12.1 Å². The van der Waals surface area contributed by atoms with Crippen LogP contribution in [0.4, 0.5) is 0 Å². The molecule has 14 heavy (non-hydrogen) atoms. The lowest BCUT2D eigenvalue weighted by molar-refractivity contribution is 1.03. The molecule has 1 rings (SSSR count). The minimum atomic E-state index is 0.395. The fourth-order valence-corrected chi connectivity index (χ4v) is 1.10. The molecular formula is C12H10N2. The predicted octanol–water partition coefficient (Wildman–Crippen LogP) is 2.90. The summed E-state index contributed by atoms with van der Waals surface area (Å²) >= 11 is 0. The van der Waals surface area contributed by atoms with E-state index >= 15 is 0 Å². The van der Waals surface area contributed by atoms with Crippen LogP contribution in [0.1, 0.15) is 18.4 Å². The molecule has 0 bridgehead atoms. The summed E-state index contributed by atoms with van der Waals surface area (Å²) in [5, 5.41) is 17.2. The second kappa shape index (κ2) is 5.56. The Morgan fingerprint density at radius 3 is 2.50 bits per heavy atom. The lowest BCUT2D eigenvalue weighted by Crippen LogP contribution is -1.79. The molecule has 0 aliphatic rings. The molecule has 0 heterocycles. The normalized spacial score (nSPS) is 10.3. The van der Waals surface area contributed by atoms with Crippen molar-refractivity contribution in [2.75, 3.05) is 0 Å². The van der Waals surface area contributed by atoms with Gasteiger partial charge in [-0.25, -0.2) is 0 Å². The highest BCUT2D eigenvalue weighted by Gasteiger charge is 1.95. The molecule has 0 saturated carbocycles. The Labute approximate surface area is 83.7 Å². The van der Waals surface area contributed by atoms with E-state index < -0.39 is 0 Å². The number of rotatable bonds is 3. The molecule has 0 aliphatic heterocycles. The smallest absolute Gasteiger partial charge is 0.0947 e. The van der Waals surface area contributed by atoms with E-state index in [1.54, 1.807) is 0 Å². The standard InChI is InChI=1S/C12H10N2/c13-8-4-7-12(10-14)9-11-5-2-1-3-6-11/h1-3,5-6,9H,4,7H2/b12-9+. The van der Waals surface area contributed by atoms with Gasteiger partial charge in [-0.2, -0.15) is 10.5 Å². The number of nitrogens with zero attached hydrogens (tertiary/aromatic N) is 2. The fraction of sp³-hybridized carbons (Fsp3) is 0.167. The van der Waals surface area contributed by atoms with Crippen LogP contribution in [0.5, 0.6) is 0 Å². The average molecular weight is 182 g/mol. The fourth-order valence-electron chi connectivity index (χ4n) is 1.10. The average Bonchev–Trinajstić information content (AvgIpc) is 2.25. The third kappa shape index (κ3) is 3.13. The second-order valence-corrected chi connectivity index (χ2v) is 2.85. The maximum Gasteiger partial charge on any atom is 0.0947 e. The lowest BCUT2D eigenvalue weighted by Gasteiger charge is -1.94. The van der Waals surface area contributed by atoms with Crippen LogP contribution in [0.15, 0.2) is 35.9 Å². The third-order valence-electron chi connectivity index (χ3n) is 1.79. The van der Waals surface area contributed by atoms with Crippen molar-refractivity contribution in [1.82, 2.24) is 0 Å². The van der Waals surface area contributed by atoms with Crippen LogP contribution in [0.3, 0.4) is 0 Å². The quantitative estimate of drug-likeness (QED) is 0.675. The number of hydrogen-bond acceptors (Lipinski definition) is 2. The van der Waals surface area contributed by atoms with Gasteiger partial charge in [0.15, 0.2) is 0 Å². The zero-order valence-corrected chi connectivity index (χ0v) is 7.77.